The van der Waals surface area contributed by atoms with Crippen LogP contribution in [0.2, 0.25) is 0 Å². The topological polar surface area (TPSA) is 108 Å². The van der Waals surface area contributed by atoms with Gasteiger partial charge in [0.2, 0.25) is 5.75 Å². The maximum atomic E-state index is 11.6. The number of hydrogen-bond donors (Lipinski definition) is 3. The number of nitrogens with zero attached hydrogens (tertiary/aromatic N) is 2. The molecule has 1 unspecified atom stereocenters. The van der Waals surface area contributed by atoms with Crippen LogP contribution in [0.15, 0.2) is 4.79 Å². The van der Waals surface area contributed by atoms with Gasteiger partial charge >= 0.3 is 5.97 Å². The summed E-state index contributed by atoms with van der Waals surface area (Å²) in [4.78, 5) is 31.6. The van der Waals surface area contributed by atoms with Crippen molar-refractivity contribution in [2.75, 3.05) is 33.8 Å². The Kier molecular flexibility index (Phi) is 3.82. The van der Waals surface area contributed by atoms with E-state index in [-0.39, 0.29) is 11.7 Å². The molecule has 0 spiro atoms. The lowest BCUT2D eigenvalue weighted by Crippen LogP contribution is -2.45. The first kappa shape index (κ1) is 13.5. The maximum Gasteiger partial charge on any atom is 0.360 e. The quantitative estimate of drug-likeness (QED) is 0.580. The number of aromatic amines is 1. The minimum Gasteiger partial charge on any atom is -0.501 e. The third-order valence-electron chi connectivity index (χ3n) is 3.00. The van der Waals surface area contributed by atoms with E-state index in [1.54, 1.807) is 0 Å². The van der Waals surface area contributed by atoms with Gasteiger partial charge in [0, 0.05) is 19.6 Å². The molecule has 1 aromatic rings. The van der Waals surface area contributed by atoms with Crippen molar-refractivity contribution in [3.8, 4) is 5.75 Å². The molecule has 19 heavy (non-hydrogen) atoms. The molecular formula is C11H16N4O4. The predicted molar refractivity (Wildman–Crippen MR) is 66.1 cm³/mol. The summed E-state index contributed by atoms with van der Waals surface area (Å²) in [6.07, 6.45) is 0. The summed E-state index contributed by atoms with van der Waals surface area (Å²) < 4.78 is 4.49. The molecule has 2 rings (SSSR count). The van der Waals surface area contributed by atoms with E-state index in [2.05, 4.69) is 24.9 Å². The SMILES string of the molecule is COC(=O)c1nc(C2CN(C)CCN2)[nH]c(=O)c1O. The van der Waals surface area contributed by atoms with Crippen molar-refractivity contribution in [2.24, 2.45) is 0 Å². The number of likely N-dealkylation sites (N-methyl/N-ethyl adjacent to an activating group) is 1. The number of ether oxygens (including phenoxy) is 1. The Morgan fingerprint density at radius 1 is 1.58 bits per heavy atom. The Hall–Kier alpha value is -1.93. The molecule has 0 amide bonds. The summed E-state index contributed by atoms with van der Waals surface area (Å²) >= 11 is 0. The molecule has 0 saturated carbocycles. The van der Waals surface area contributed by atoms with Gasteiger partial charge in [-0.25, -0.2) is 9.78 Å². The lowest BCUT2D eigenvalue weighted by Gasteiger charge is -2.30. The molecule has 1 aliphatic heterocycles. The number of H-pyrrole nitrogens is 1. The second-order valence-corrected chi connectivity index (χ2v) is 4.41. The summed E-state index contributed by atoms with van der Waals surface area (Å²) in [7, 11) is 3.12. The van der Waals surface area contributed by atoms with Crippen molar-refractivity contribution in [1.82, 2.24) is 20.2 Å². The first-order valence-electron chi connectivity index (χ1n) is 5.86. The van der Waals surface area contributed by atoms with Gasteiger partial charge in [-0.05, 0) is 7.05 Å². The molecule has 3 N–H and O–H groups in total. The number of hydrogen-bond acceptors (Lipinski definition) is 7. The highest BCUT2D eigenvalue weighted by molar-refractivity contribution is 5.89. The highest BCUT2D eigenvalue weighted by atomic mass is 16.5. The molecule has 1 atom stereocenters. The standard InChI is InChI=1S/C11H16N4O4/c1-15-4-3-12-6(5-15)9-13-7(11(18)19-2)8(16)10(17)14-9/h6,12,16H,3-5H2,1-2H3,(H,13,14,17). The minimum atomic E-state index is -0.839. The number of nitrogens with one attached hydrogen (secondary N) is 2. The molecule has 1 saturated heterocycles. The van der Waals surface area contributed by atoms with Crippen molar-refractivity contribution in [3.05, 3.63) is 21.9 Å². The highest BCUT2D eigenvalue weighted by Gasteiger charge is 2.24. The molecule has 2 heterocycles. The van der Waals surface area contributed by atoms with Crippen LogP contribution >= 0.6 is 0 Å². The summed E-state index contributed by atoms with van der Waals surface area (Å²) in [6, 6.07) is -0.199. The number of carbonyl (C=O) groups is 1. The van der Waals surface area contributed by atoms with E-state index in [1.807, 2.05) is 7.05 Å². The zero-order valence-electron chi connectivity index (χ0n) is 10.8. The second kappa shape index (κ2) is 5.37. The predicted octanol–water partition coefficient (Wildman–Crippen LogP) is -1.16. The minimum absolute atomic E-state index is 0.199. The van der Waals surface area contributed by atoms with Gasteiger partial charge in [-0.3, -0.25) is 4.79 Å². The van der Waals surface area contributed by atoms with Crippen LogP contribution in [0.25, 0.3) is 0 Å². The zero-order chi connectivity index (χ0) is 14.0. The number of piperazine rings is 1. The molecule has 0 aromatic carbocycles. The van der Waals surface area contributed by atoms with Gasteiger partial charge in [-0.2, -0.15) is 0 Å². The van der Waals surface area contributed by atoms with Gasteiger partial charge < -0.3 is 25.0 Å². The van der Waals surface area contributed by atoms with Gasteiger partial charge in [-0.15, -0.1) is 0 Å². The third-order valence-corrected chi connectivity index (χ3v) is 3.00. The van der Waals surface area contributed by atoms with Gasteiger partial charge in [0.15, 0.2) is 5.69 Å². The fourth-order valence-corrected chi connectivity index (χ4v) is 1.97. The highest BCUT2D eigenvalue weighted by Crippen LogP contribution is 2.15. The Bertz CT molecular complexity index is 542. The van der Waals surface area contributed by atoms with Crippen LogP contribution in [-0.4, -0.2) is 59.7 Å². The van der Waals surface area contributed by atoms with Crippen LogP contribution in [0.5, 0.6) is 5.75 Å². The van der Waals surface area contributed by atoms with Crippen molar-refractivity contribution >= 4 is 5.97 Å². The molecule has 1 fully saturated rings. The Morgan fingerprint density at radius 3 is 2.95 bits per heavy atom. The second-order valence-electron chi connectivity index (χ2n) is 4.41. The number of rotatable bonds is 2. The third kappa shape index (κ3) is 2.74. The molecule has 0 radical (unpaired) electrons. The molecule has 8 nitrogen and oxygen atoms in total. The van der Waals surface area contributed by atoms with E-state index in [9.17, 15) is 14.7 Å². The fourth-order valence-electron chi connectivity index (χ4n) is 1.97. The Balaban J connectivity index is 2.39. The van der Waals surface area contributed by atoms with Gasteiger partial charge in [0.05, 0.1) is 13.2 Å². The number of carbonyl (C=O) groups excluding carboxylic acids is 1. The summed E-state index contributed by atoms with van der Waals surface area (Å²) in [5.74, 6) is -1.25. The summed E-state index contributed by atoms with van der Waals surface area (Å²) in [5, 5.41) is 12.7. The first-order chi connectivity index (χ1) is 9.02. The normalized spacial score (nSPS) is 20.2. The molecule has 1 aliphatic rings. The van der Waals surface area contributed by atoms with Crippen LogP contribution in [-0.2, 0) is 4.74 Å². The first-order valence-corrected chi connectivity index (χ1v) is 5.86. The van der Waals surface area contributed by atoms with Crippen LogP contribution in [0.4, 0.5) is 0 Å². The van der Waals surface area contributed by atoms with E-state index in [4.69, 9.17) is 0 Å². The Morgan fingerprint density at radius 2 is 2.32 bits per heavy atom. The number of aromatic nitrogens is 2. The number of methoxy groups -OCH3 is 1. The van der Waals surface area contributed by atoms with E-state index in [1.165, 1.54) is 0 Å². The van der Waals surface area contributed by atoms with E-state index < -0.39 is 17.3 Å². The van der Waals surface area contributed by atoms with Crippen molar-refractivity contribution < 1.29 is 14.6 Å². The zero-order valence-corrected chi connectivity index (χ0v) is 10.8. The fraction of sp³-hybridized carbons (Fsp3) is 0.545. The van der Waals surface area contributed by atoms with Crippen LogP contribution < -0.4 is 10.9 Å². The molecule has 104 valence electrons. The van der Waals surface area contributed by atoms with Crippen LogP contribution in [0.1, 0.15) is 22.4 Å². The number of aromatic hydroxyl groups is 1. The average Bonchev–Trinajstić information content (AvgIpc) is 2.40. The van der Waals surface area contributed by atoms with Crippen LogP contribution in [0.3, 0.4) is 0 Å². The van der Waals surface area contributed by atoms with Crippen molar-refractivity contribution in [3.63, 3.8) is 0 Å². The smallest absolute Gasteiger partial charge is 0.360 e. The maximum absolute atomic E-state index is 11.6. The van der Waals surface area contributed by atoms with Gasteiger partial charge in [0.25, 0.3) is 5.56 Å². The molecule has 0 aliphatic carbocycles. The average molecular weight is 268 g/mol. The molecule has 8 heteroatoms. The Labute approximate surface area is 109 Å². The van der Waals surface area contributed by atoms with Crippen molar-refractivity contribution in [2.45, 2.75) is 6.04 Å². The summed E-state index contributed by atoms with van der Waals surface area (Å²) in [5.41, 5.74) is -1.11. The molecule has 1 aromatic heterocycles. The number of esters is 1. The largest absolute Gasteiger partial charge is 0.501 e. The van der Waals surface area contributed by atoms with E-state index in [0.717, 1.165) is 20.2 Å². The van der Waals surface area contributed by atoms with Crippen LogP contribution in [0, 0.1) is 0 Å². The lowest BCUT2D eigenvalue weighted by atomic mass is 10.2. The summed E-state index contributed by atoms with van der Waals surface area (Å²) in [6.45, 7) is 2.29. The molecule has 0 bridgehead atoms. The van der Waals surface area contributed by atoms with Gasteiger partial charge in [0.1, 0.15) is 5.82 Å². The van der Waals surface area contributed by atoms with Crippen molar-refractivity contribution in [1.29, 1.82) is 0 Å². The van der Waals surface area contributed by atoms with E-state index in [0.29, 0.717) is 12.4 Å². The lowest BCUT2D eigenvalue weighted by molar-refractivity contribution is 0.0589. The monoisotopic (exact) mass is 268 g/mol. The van der Waals surface area contributed by atoms with E-state index >= 15 is 0 Å². The van der Waals surface area contributed by atoms with Gasteiger partial charge in [-0.1, -0.05) is 0 Å². The molecular weight excluding hydrogens is 252 g/mol.